The number of carbonyl (C=O) groups is 1. The lowest BCUT2D eigenvalue weighted by Gasteiger charge is -2.07. The predicted molar refractivity (Wildman–Crippen MR) is 84.9 cm³/mol. The largest absolute Gasteiger partial charge is 0.478 e. The van der Waals surface area contributed by atoms with Gasteiger partial charge in [-0.25, -0.2) is 4.79 Å². The summed E-state index contributed by atoms with van der Waals surface area (Å²) in [5.74, 6) is -0.893. The highest BCUT2D eigenvalue weighted by Gasteiger charge is 2.01. The Morgan fingerprint density at radius 2 is 1.85 bits per heavy atom. The molecule has 0 amide bonds. The smallest absolute Gasteiger partial charge is 0.328 e. The summed E-state index contributed by atoms with van der Waals surface area (Å²) >= 11 is 0. The first-order chi connectivity index (χ1) is 9.63. The summed E-state index contributed by atoms with van der Waals surface area (Å²) < 4.78 is 0. The molecule has 2 nitrogen and oxygen atoms in total. The quantitative estimate of drug-likeness (QED) is 0.508. The van der Waals surface area contributed by atoms with E-state index in [1.807, 2.05) is 12.1 Å². The maximum atomic E-state index is 10.6. The van der Waals surface area contributed by atoms with Gasteiger partial charge in [-0.15, -0.1) is 0 Å². The maximum Gasteiger partial charge on any atom is 0.328 e. The summed E-state index contributed by atoms with van der Waals surface area (Å²) in [7, 11) is 0. The number of rotatable bonds is 9. The van der Waals surface area contributed by atoms with Gasteiger partial charge in [-0.2, -0.15) is 0 Å². The standard InChI is InChI=1S/C18H26O2/c1-3-4-5-6-7-8-9-17-14-15(2)10-11-16(17)12-13-18(19)20/h10-14H,3-9H2,1-2H3,(H,19,20). The van der Waals surface area contributed by atoms with Crippen molar-refractivity contribution >= 4 is 12.0 Å². The van der Waals surface area contributed by atoms with Crippen LogP contribution in [0.1, 0.15) is 62.1 Å². The first-order valence-corrected chi connectivity index (χ1v) is 7.64. The third-order valence-corrected chi connectivity index (χ3v) is 3.50. The normalized spacial score (nSPS) is 11.1. The molecule has 0 bridgehead atoms. The Bertz CT molecular complexity index is 447. The summed E-state index contributed by atoms with van der Waals surface area (Å²) in [6.45, 7) is 4.31. The Hall–Kier alpha value is -1.57. The van der Waals surface area contributed by atoms with Crippen molar-refractivity contribution in [2.24, 2.45) is 0 Å². The molecule has 1 rings (SSSR count). The highest BCUT2D eigenvalue weighted by molar-refractivity contribution is 5.85. The SMILES string of the molecule is CCCCCCCCc1cc(C)ccc1C=CC(=O)O. The lowest BCUT2D eigenvalue weighted by atomic mass is 9.98. The van der Waals surface area contributed by atoms with E-state index < -0.39 is 5.97 Å². The van der Waals surface area contributed by atoms with Crippen molar-refractivity contribution < 1.29 is 9.90 Å². The van der Waals surface area contributed by atoms with Crippen molar-refractivity contribution in [3.63, 3.8) is 0 Å². The minimum Gasteiger partial charge on any atom is -0.478 e. The van der Waals surface area contributed by atoms with Crippen molar-refractivity contribution in [3.05, 3.63) is 41.0 Å². The van der Waals surface area contributed by atoms with Gasteiger partial charge in [0.1, 0.15) is 0 Å². The van der Waals surface area contributed by atoms with Gasteiger partial charge in [0.15, 0.2) is 0 Å². The van der Waals surface area contributed by atoms with E-state index in [1.54, 1.807) is 6.08 Å². The van der Waals surface area contributed by atoms with Crippen molar-refractivity contribution in [3.8, 4) is 0 Å². The van der Waals surface area contributed by atoms with Gasteiger partial charge in [-0.3, -0.25) is 0 Å². The van der Waals surface area contributed by atoms with Crippen molar-refractivity contribution in [1.29, 1.82) is 0 Å². The van der Waals surface area contributed by atoms with E-state index in [1.165, 1.54) is 55.7 Å². The highest BCUT2D eigenvalue weighted by Crippen LogP contribution is 2.17. The van der Waals surface area contributed by atoms with Crippen molar-refractivity contribution in [1.82, 2.24) is 0 Å². The Morgan fingerprint density at radius 1 is 1.15 bits per heavy atom. The lowest BCUT2D eigenvalue weighted by molar-refractivity contribution is -0.131. The molecule has 0 spiro atoms. The fourth-order valence-corrected chi connectivity index (χ4v) is 2.37. The highest BCUT2D eigenvalue weighted by atomic mass is 16.4. The van der Waals surface area contributed by atoms with Crippen LogP contribution < -0.4 is 0 Å². The van der Waals surface area contributed by atoms with Crippen LogP contribution in [-0.2, 0) is 11.2 Å². The summed E-state index contributed by atoms with van der Waals surface area (Å²) in [5.41, 5.74) is 3.53. The van der Waals surface area contributed by atoms with E-state index >= 15 is 0 Å². The van der Waals surface area contributed by atoms with Crippen LogP contribution in [0.2, 0.25) is 0 Å². The molecule has 1 aromatic carbocycles. The number of aliphatic carboxylic acids is 1. The second kappa shape index (κ2) is 9.35. The van der Waals surface area contributed by atoms with Crippen LogP contribution >= 0.6 is 0 Å². The van der Waals surface area contributed by atoms with Gasteiger partial charge in [-0.05, 0) is 37.0 Å². The van der Waals surface area contributed by atoms with Crippen LogP contribution in [0.25, 0.3) is 6.08 Å². The molecule has 110 valence electrons. The van der Waals surface area contributed by atoms with Gasteiger partial charge in [0, 0.05) is 6.08 Å². The molecule has 20 heavy (non-hydrogen) atoms. The summed E-state index contributed by atoms with van der Waals surface area (Å²) in [6, 6.07) is 6.22. The molecule has 0 atom stereocenters. The number of unbranched alkanes of at least 4 members (excludes halogenated alkanes) is 5. The van der Waals surface area contributed by atoms with Crippen molar-refractivity contribution in [2.75, 3.05) is 0 Å². The van der Waals surface area contributed by atoms with E-state index in [2.05, 4.69) is 19.9 Å². The molecule has 0 fully saturated rings. The molecule has 0 radical (unpaired) electrons. The van der Waals surface area contributed by atoms with Crippen LogP contribution in [0.3, 0.4) is 0 Å². The molecule has 0 unspecified atom stereocenters. The van der Waals surface area contributed by atoms with Gasteiger partial charge in [-0.1, -0.05) is 62.8 Å². The topological polar surface area (TPSA) is 37.3 Å². The first kappa shape index (κ1) is 16.5. The van der Waals surface area contributed by atoms with Gasteiger partial charge in [0.25, 0.3) is 0 Å². The molecule has 0 saturated heterocycles. The van der Waals surface area contributed by atoms with E-state index in [-0.39, 0.29) is 0 Å². The zero-order valence-electron chi connectivity index (χ0n) is 12.7. The van der Waals surface area contributed by atoms with Crippen LogP contribution in [0, 0.1) is 6.92 Å². The summed E-state index contributed by atoms with van der Waals surface area (Å²) in [6.07, 6.45) is 11.6. The second-order valence-corrected chi connectivity index (χ2v) is 5.39. The minimum atomic E-state index is -0.893. The number of carboxylic acid groups (broad SMARTS) is 1. The predicted octanol–water partition coefficient (Wildman–Crippen LogP) is 5.00. The minimum absolute atomic E-state index is 0.893. The van der Waals surface area contributed by atoms with Crippen LogP contribution in [0.15, 0.2) is 24.3 Å². The third kappa shape index (κ3) is 6.55. The second-order valence-electron chi connectivity index (χ2n) is 5.39. The molecule has 0 saturated carbocycles. The monoisotopic (exact) mass is 274 g/mol. The Balaban J connectivity index is 2.54. The van der Waals surface area contributed by atoms with E-state index in [9.17, 15) is 4.79 Å². The molecule has 0 aromatic heterocycles. The van der Waals surface area contributed by atoms with E-state index in [0.717, 1.165) is 12.0 Å². The molecular weight excluding hydrogens is 248 g/mol. The number of carboxylic acids is 1. The van der Waals surface area contributed by atoms with Crippen LogP contribution in [-0.4, -0.2) is 11.1 Å². The maximum absolute atomic E-state index is 10.6. The Labute approximate surface area is 122 Å². The van der Waals surface area contributed by atoms with E-state index in [0.29, 0.717) is 0 Å². The van der Waals surface area contributed by atoms with Crippen LogP contribution in [0.4, 0.5) is 0 Å². The number of benzene rings is 1. The first-order valence-electron chi connectivity index (χ1n) is 7.64. The molecule has 0 aliphatic rings. The average Bonchev–Trinajstić information content (AvgIpc) is 2.41. The zero-order valence-corrected chi connectivity index (χ0v) is 12.7. The summed E-state index contributed by atoms with van der Waals surface area (Å²) in [5, 5.41) is 8.73. The van der Waals surface area contributed by atoms with Gasteiger partial charge >= 0.3 is 5.97 Å². The zero-order chi connectivity index (χ0) is 14.8. The Morgan fingerprint density at radius 3 is 2.55 bits per heavy atom. The number of aryl methyl sites for hydroxylation is 2. The molecule has 0 aliphatic carbocycles. The fraction of sp³-hybridized carbons (Fsp3) is 0.500. The molecule has 1 N–H and O–H groups in total. The summed E-state index contributed by atoms with van der Waals surface area (Å²) in [4.78, 5) is 10.6. The molecule has 2 heteroatoms. The third-order valence-electron chi connectivity index (χ3n) is 3.50. The van der Waals surface area contributed by atoms with Gasteiger partial charge < -0.3 is 5.11 Å². The van der Waals surface area contributed by atoms with Crippen LogP contribution in [0.5, 0.6) is 0 Å². The van der Waals surface area contributed by atoms with Gasteiger partial charge in [0.2, 0.25) is 0 Å². The number of hydrogen-bond donors (Lipinski definition) is 1. The van der Waals surface area contributed by atoms with E-state index in [4.69, 9.17) is 5.11 Å². The molecule has 0 heterocycles. The van der Waals surface area contributed by atoms with Crippen molar-refractivity contribution in [2.45, 2.75) is 58.8 Å². The van der Waals surface area contributed by atoms with Gasteiger partial charge in [0.05, 0.1) is 0 Å². The fourth-order valence-electron chi connectivity index (χ4n) is 2.37. The molecule has 1 aromatic rings. The average molecular weight is 274 g/mol. The lowest BCUT2D eigenvalue weighted by Crippen LogP contribution is -1.93. The Kier molecular flexibility index (Phi) is 7.71. The molecular formula is C18H26O2. The molecule has 0 aliphatic heterocycles. The number of hydrogen-bond acceptors (Lipinski definition) is 1.